The van der Waals surface area contributed by atoms with Crippen LogP contribution in [0.4, 0.5) is 18.0 Å². The molecule has 0 aromatic heterocycles. The molecule has 5 N–H and O–H groups in total. The minimum Gasteiger partial charge on any atom is -0.363 e. The Labute approximate surface area is 280 Å². The zero-order chi connectivity index (χ0) is 36.5. The summed E-state index contributed by atoms with van der Waals surface area (Å²) in [5.41, 5.74) is 5.39. The Kier molecular flexibility index (Phi) is 11.7. The number of urea groups is 1. The lowest BCUT2D eigenvalue weighted by molar-refractivity contribution is -0.147. The van der Waals surface area contributed by atoms with Crippen molar-refractivity contribution in [3.63, 3.8) is 0 Å². The molecular formula is C33H51F3N6O6. The monoisotopic (exact) mass is 684 g/mol. The number of Topliss-reactive ketones (excluding diaryl/α,β-unsaturated/α-hetero) is 1. The van der Waals surface area contributed by atoms with Gasteiger partial charge in [-0.15, -0.1) is 0 Å². The minimum absolute atomic E-state index is 0.128. The normalized spacial score (nSPS) is 23.0. The molecule has 15 heteroatoms. The first-order valence-corrected chi connectivity index (χ1v) is 16.5. The summed E-state index contributed by atoms with van der Waals surface area (Å²) in [5, 5.41) is 7.81. The molecule has 12 nitrogen and oxygen atoms in total. The first-order valence-electron chi connectivity index (χ1n) is 16.5. The number of ketones is 1. The van der Waals surface area contributed by atoms with Gasteiger partial charge in [-0.05, 0) is 56.3 Å². The molecule has 3 fully saturated rings. The van der Waals surface area contributed by atoms with Crippen molar-refractivity contribution in [1.29, 1.82) is 0 Å². The number of nitrogens with zero attached hydrogens (tertiary/aromatic N) is 2. The van der Waals surface area contributed by atoms with Crippen LogP contribution >= 0.6 is 0 Å². The predicted octanol–water partition coefficient (Wildman–Crippen LogP) is 2.80. The van der Waals surface area contributed by atoms with Crippen LogP contribution in [0.1, 0.15) is 87.5 Å². The van der Waals surface area contributed by atoms with Crippen LogP contribution in [-0.4, -0.2) is 95.2 Å². The van der Waals surface area contributed by atoms with Crippen molar-refractivity contribution in [2.24, 2.45) is 28.4 Å². The molecule has 6 atom stereocenters. The third kappa shape index (κ3) is 9.07. The van der Waals surface area contributed by atoms with Crippen LogP contribution in [-0.2, 0) is 24.0 Å². The van der Waals surface area contributed by atoms with E-state index < -0.39 is 89.5 Å². The molecule has 2 saturated heterocycles. The van der Waals surface area contributed by atoms with E-state index in [-0.39, 0.29) is 18.4 Å². The van der Waals surface area contributed by atoms with Crippen molar-refractivity contribution < 1.29 is 41.9 Å². The maximum Gasteiger partial charge on any atom is 0.389 e. The number of carbonyl (C=O) groups excluding carboxylic acids is 6. The quantitative estimate of drug-likeness (QED) is 0.204. The summed E-state index contributed by atoms with van der Waals surface area (Å²) in [4.78, 5) is 82.3. The van der Waals surface area contributed by atoms with Crippen molar-refractivity contribution in [2.45, 2.75) is 118 Å². The lowest BCUT2D eigenvalue weighted by atomic mass is 9.67. The minimum atomic E-state index is -4.66. The van der Waals surface area contributed by atoms with Crippen LogP contribution in [0.5, 0.6) is 0 Å². The van der Waals surface area contributed by atoms with E-state index in [4.69, 9.17) is 5.73 Å². The average Bonchev–Trinajstić information content (AvgIpc) is 3.56. The number of nitrogens with one attached hydrogen (secondary N) is 3. The SMILES string of the molecule is CC(C)=C1C[C@H]2CN(C(=O)[C@@H](NC(=O)N[C@H](C(=O)N3CCCC3)C(C)(C)C)C(C)(C)C)[C@H](C(=O)NC(CCC(F)(F)F)C(=O)C(N)=O)[C@@H]12. The lowest BCUT2D eigenvalue weighted by Crippen LogP contribution is -2.63. The first kappa shape index (κ1) is 38.8. The molecule has 1 saturated carbocycles. The zero-order valence-corrected chi connectivity index (χ0v) is 29.2. The second kappa shape index (κ2) is 14.5. The van der Waals surface area contributed by atoms with E-state index in [0.29, 0.717) is 19.5 Å². The second-order valence-corrected chi connectivity index (χ2v) is 15.6. The Morgan fingerprint density at radius 3 is 1.83 bits per heavy atom. The summed E-state index contributed by atoms with van der Waals surface area (Å²) >= 11 is 0. The molecule has 48 heavy (non-hydrogen) atoms. The van der Waals surface area contributed by atoms with Crippen LogP contribution in [0.15, 0.2) is 11.1 Å². The van der Waals surface area contributed by atoms with Gasteiger partial charge in [0.15, 0.2) is 0 Å². The molecule has 2 heterocycles. The van der Waals surface area contributed by atoms with Gasteiger partial charge < -0.3 is 31.5 Å². The van der Waals surface area contributed by atoms with Gasteiger partial charge in [-0.2, -0.15) is 13.2 Å². The number of fused-ring (bicyclic) bond motifs is 1. The fourth-order valence-corrected chi connectivity index (χ4v) is 6.82. The zero-order valence-electron chi connectivity index (χ0n) is 29.2. The van der Waals surface area contributed by atoms with Gasteiger partial charge >= 0.3 is 12.2 Å². The van der Waals surface area contributed by atoms with Gasteiger partial charge in [-0.3, -0.25) is 24.0 Å². The third-order valence-corrected chi connectivity index (χ3v) is 9.48. The van der Waals surface area contributed by atoms with Gasteiger partial charge in [-0.1, -0.05) is 52.7 Å². The van der Waals surface area contributed by atoms with E-state index in [2.05, 4.69) is 16.0 Å². The Balaban J connectivity index is 1.91. The molecule has 270 valence electrons. The highest BCUT2D eigenvalue weighted by atomic mass is 19.4. The Hall–Kier alpha value is -3.65. The maximum atomic E-state index is 14.4. The largest absolute Gasteiger partial charge is 0.389 e. The lowest BCUT2D eigenvalue weighted by Gasteiger charge is -2.39. The van der Waals surface area contributed by atoms with Crippen LogP contribution in [0, 0.1) is 22.7 Å². The number of likely N-dealkylation sites (tertiary alicyclic amines) is 2. The van der Waals surface area contributed by atoms with E-state index in [9.17, 15) is 41.9 Å². The molecule has 0 radical (unpaired) electrons. The number of halogens is 3. The molecule has 0 aromatic rings. The Bertz CT molecular complexity index is 1320. The second-order valence-electron chi connectivity index (χ2n) is 15.6. The van der Waals surface area contributed by atoms with Gasteiger partial charge in [0.25, 0.3) is 5.91 Å². The predicted molar refractivity (Wildman–Crippen MR) is 171 cm³/mol. The smallest absolute Gasteiger partial charge is 0.363 e. The Morgan fingerprint density at radius 1 is 0.854 bits per heavy atom. The van der Waals surface area contributed by atoms with E-state index in [0.717, 1.165) is 24.0 Å². The summed E-state index contributed by atoms with van der Waals surface area (Å²) in [6.07, 6.45) is -4.68. The van der Waals surface area contributed by atoms with Gasteiger partial charge in [-0.25, -0.2) is 4.79 Å². The number of rotatable bonds is 10. The number of hydrogen-bond acceptors (Lipinski definition) is 6. The summed E-state index contributed by atoms with van der Waals surface area (Å²) in [5.74, 6) is -5.20. The van der Waals surface area contributed by atoms with E-state index in [1.165, 1.54) is 4.90 Å². The van der Waals surface area contributed by atoms with Crippen LogP contribution in [0.25, 0.3) is 0 Å². The number of nitrogens with two attached hydrogens (primary N) is 1. The van der Waals surface area contributed by atoms with E-state index >= 15 is 0 Å². The Morgan fingerprint density at radius 2 is 1.38 bits per heavy atom. The summed E-state index contributed by atoms with van der Waals surface area (Å²) in [6.45, 7) is 15.7. The average molecular weight is 685 g/mol. The van der Waals surface area contributed by atoms with Crippen molar-refractivity contribution >= 4 is 35.4 Å². The molecule has 3 aliphatic rings. The molecule has 1 unspecified atom stereocenters. The number of allylic oxidation sites excluding steroid dienone is 1. The van der Waals surface area contributed by atoms with Crippen molar-refractivity contribution in [3.05, 3.63) is 11.1 Å². The highest BCUT2D eigenvalue weighted by Gasteiger charge is 2.56. The molecule has 0 aromatic carbocycles. The van der Waals surface area contributed by atoms with Gasteiger partial charge in [0.1, 0.15) is 18.1 Å². The molecule has 1 aliphatic carbocycles. The van der Waals surface area contributed by atoms with Crippen LogP contribution in [0.2, 0.25) is 0 Å². The number of alkyl halides is 3. The number of carbonyl (C=O) groups is 6. The van der Waals surface area contributed by atoms with E-state index in [1.54, 1.807) is 25.7 Å². The summed E-state index contributed by atoms with van der Waals surface area (Å²) in [6, 6.07) is -5.87. The fourth-order valence-electron chi connectivity index (χ4n) is 6.82. The highest BCUT2D eigenvalue weighted by molar-refractivity contribution is 6.37. The maximum absolute atomic E-state index is 14.4. The van der Waals surface area contributed by atoms with Gasteiger partial charge in [0, 0.05) is 32.0 Å². The standard InChI is InChI=1S/C33H51F3N6O6/c1-17(2)19-15-18-16-42(22(21(18)19)27(45)38-20(23(43)26(37)44)11-12-33(34,35)36)29(47)25(32(6,7)8)40-30(48)39-24(31(3,4)5)28(46)41-13-9-10-14-41/h18,20-22,24-25H,9-16H2,1-8H3,(H2,37,44)(H,38,45)(H2,39,40,48)/t18-,20?,21+,22-,24+,25+/m0/s1. The summed E-state index contributed by atoms with van der Waals surface area (Å²) < 4.78 is 39.2. The fraction of sp³-hybridized carbons (Fsp3) is 0.758. The molecule has 2 aliphatic heterocycles. The van der Waals surface area contributed by atoms with Crippen molar-refractivity contribution in [3.8, 4) is 0 Å². The van der Waals surface area contributed by atoms with Crippen molar-refractivity contribution in [1.82, 2.24) is 25.8 Å². The van der Waals surface area contributed by atoms with Gasteiger partial charge in [0.2, 0.25) is 23.5 Å². The molecule has 6 amide bonds. The first-order chi connectivity index (χ1) is 21.9. The molecule has 0 bridgehead atoms. The molecule has 3 rings (SSSR count). The number of primary amides is 1. The van der Waals surface area contributed by atoms with Crippen LogP contribution in [0.3, 0.4) is 0 Å². The van der Waals surface area contributed by atoms with Crippen LogP contribution < -0.4 is 21.7 Å². The molecular weight excluding hydrogens is 633 g/mol. The van der Waals surface area contributed by atoms with Crippen molar-refractivity contribution in [2.75, 3.05) is 19.6 Å². The highest BCUT2D eigenvalue weighted by Crippen LogP contribution is 2.51. The topological polar surface area (TPSA) is 171 Å². The summed E-state index contributed by atoms with van der Waals surface area (Å²) in [7, 11) is 0. The number of amides is 6. The molecule has 0 spiro atoms. The number of hydrogen-bond donors (Lipinski definition) is 4. The third-order valence-electron chi connectivity index (χ3n) is 9.48. The van der Waals surface area contributed by atoms with E-state index in [1.807, 2.05) is 34.6 Å². The van der Waals surface area contributed by atoms with Gasteiger partial charge in [0.05, 0.1) is 6.04 Å².